The van der Waals surface area contributed by atoms with E-state index in [2.05, 4.69) is 0 Å². The van der Waals surface area contributed by atoms with Crippen LogP contribution in [0.4, 0.5) is 18.9 Å². The van der Waals surface area contributed by atoms with Gasteiger partial charge in [0.1, 0.15) is 11.5 Å². The molecular formula is C13H7ClF3NO4. The van der Waals surface area contributed by atoms with Gasteiger partial charge in [-0.3, -0.25) is 10.1 Å². The molecule has 0 aliphatic rings. The predicted molar refractivity (Wildman–Crippen MR) is 71.3 cm³/mol. The van der Waals surface area contributed by atoms with Crippen molar-refractivity contribution in [3.05, 3.63) is 57.1 Å². The lowest BCUT2D eigenvalue weighted by molar-refractivity contribution is -0.385. The highest BCUT2D eigenvalue weighted by atomic mass is 35.5. The Balaban J connectivity index is 2.36. The zero-order chi connectivity index (χ0) is 16.5. The van der Waals surface area contributed by atoms with Crippen molar-refractivity contribution in [2.45, 2.75) is 6.18 Å². The van der Waals surface area contributed by atoms with E-state index in [1.165, 1.54) is 6.07 Å². The molecule has 0 heterocycles. The van der Waals surface area contributed by atoms with Crippen LogP contribution in [0.2, 0.25) is 5.02 Å². The van der Waals surface area contributed by atoms with Crippen molar-refractivity contribution in [1.82, 2.24) is 0 Å². The molecule has 2 aromatic rings. The molecular weight excluding hydrogens is 327 g/mol. The van der Waals surface area contributed by atoms with Gasteiger partial charge in [-0.05, 0) is 18.2 Å². The van der Waals surface area contributed by atoms with Crippen LogP contribution in [-0.2, 0) is 6.18 Å². The predicted octanol–water partition coefficient (Wildman–Crippen LogP) is 4.76. The third-order valence-corrected chi connectivity index (χ3v) is 3.03. The SMILES string of the molecule is O=[N+]([O-])c1ccc(Oc2cccc(C(F)(F)F)c2Cl)cc1O. The molecule has 5 nitrogen and oxygen atoms in total. The van der Waals surface area contributed by atoms with Crippen LogP contribution in [0.3, 0.4) is 0 Å². The summed E-state index contributed by atoms with van der Waals surface area (Å²) >= 11 is 5.65. The van der Waals surface area contributed by atoms with Crippen molar-refractivity contribution in [2.75, 3.05) is 0 Å². The van der Waals surface area contributed by atoms with Gasteiger partial charge in [-0.1, -0.05) is 17.7 Å². The molecule has 116 valence electrons. The maximum atomic E-state index is 12.7. The van der Waals surface area contributed by atoms with Gasteiger partial charge in [-0.15, -0.1) is 0 Å². The second-order valence-electron chi connectivity index (χ2n) is 4.13. The normalized spacial score (nSPS) is 11.3. The fraction of sp³-hybridized carbons (Fsp3) is 0.0769. The van der Waals surface area contributed by atoms with E-state index < -0.39 is 33.1 Å². The molecule has 22 heavy (non-hydrogen) atoms. The number of phenols is 1. The molecule has 0 spiro atoms. The average molecular weight is 334 g/mol. The van der Waals surface area contributed by atoms with Crippen molar-refractivity contribution in [2.24, 2.45) is 0 Å². The quantitative estimate of drug-likeness (QED) is 0.649. The van der Waals surface area contributed by atoms with Crippen LogP contribution >= 0.6 is 11.6 Å². The third kappa shape index (κ3) is 3.22. The van der Waals surface area contributed by atoms with E-state index in [0.717, 1.165) is 30.3 Å². The lowest BCUT2D eigenvalue weighted by atomic mass is 10.2. The summed E-state index contributed by atoms with van der Waals surface area (Å²) in [4.78, 5) is 9.75. The smallest absolute Gasteiger partial charge is 0.417 e. The van der Waals surface area contributed by atoms with Gasteiger partial charge < -0.3 is 9.84 Å². The van der Waals surface area contributed by atoms with E-state index in [4.69, 9.17) is 16.3 Å². The summed E-state index contributed by atoms with van der Waals surface area (Å²) in [5, 5.41) is 19.4. The Bertz CT molecular complexity index is 734. The van der Waals surface area contributed by atoms with Crippen molar-refractivity contribution in [1.29, 1.82) is 0 Å². The number of nitro benzene ring substituents is 1. The molecule has 0 aliphatic carbocycles. The van der Waals surface area contributed by atoms with Crippen molar-refractivity contribution in [3.63, 3.8) is 0 Å². The second-order valence-corrected chi connectivity index (χ2v) is 4.50. The molecule has 2 rings (SSSR count). The summed E-state index contributed by atoms with van der Waals surface area (Å²) in [6.07, 6.45) is -4.64. The number of nitro groups is 1. The molecule has 0 saturated heterocycles. The highest BCUT2D eigenvalue weighted by Crippen LogP contribution is 2.41. The van der Waals surface area contributed by atoms with Gasteiger partial charge in [-0.25, -0.2) is 0 Å². The van der Waals surface area contributed by atoms with Crippen LogP contribution in [0.1, 0.15) is 5.56 Å². The molecule has 0 aliphatic heterocycles. The Morgan fingerprint density at radius 3 is 2.45 bits per heavy atom. The lowest BCUT2D eigenvalue weighted by Crippen LogP contribution is -2.06. The molecule has 0 aromatic heterocycles. The summed E-state index contributed by atoms with van der Waals surface area (Å²) in [5.41, 5.74) is -1.62. The molecule has 0 fully saturated rings. The monoisotopic (exact) mass is 333 g/mol. The fourth-order valence-corrected chi connectivity index (χ4v) is 1.93. The molecule has 9 heteroatoms. The largest absolute Gasteiger partial charge is 0.502 e. The minimum Gasteiger partial charge on any atom is -0.502 e. The number of aromatic hydroxyl groups is 1. The second kappa shape index (κ2) is 5.72. The first kappa shape index (κ1) is 15.9. The number of nitrogens with zero attached hydrogens (tertiary/aromatic N) is 1. The van der Waals surface area contributed by atoms with Crippen LogP contribution < -0.4 is 4.74 Å². The first-order chi connectivity index (χ1) is 10.2. The summed E-state index contributed by atoms with van der Waals surface area (Å²) in [6, 6.07) is 6.11. The summed E-state index contributed by atoms with van der Waals surface area (Å²) < 4.78 is 43.3. The zero-order valence-corrected chi connectivity index (χ0v) is 11.4. The number of hydrogen-bond donors (Lipinski definition) is 1. The zero-order valence-electron chi connectivity index (χ0n) is 10.6. The van der Waals surface area contributed by atoms with Crippen LogP contribution in [0.5, 0.6) is 17.2 Å². The molecule has 1 N–H and O–H groups in total. The third-order valence-electron chi connectivity index (χ3n) is 2.64. The van der Waals surface area contributed by atoms with E-state index in [9.17, 15) is 28.4 Å². The highest BCUT2D eigenvalue weighted by Gasteiger charge is 2.34. The average Bonchev–Trinajstić information content (AvgIpc) is 2.39. The number of phenolic OH excluding ortho intramolecular Hbond substituents is 1. The molecule has 0 radical (unpaired) electrons. The van der Waals surface area contributed by atoms with Crippen molar-refractivity contribution >= 4 is 17.3 Å². The molecule has 0 atom stereocenters. The van der Waals surface area contributed by atoms with Gasteiger partial charge in [-0.2, -0.15) is 13.2 Å². The standard InChI is InChI=1S/C13H7ClF3NO4/c14-12-8(13(15,16)17)2-1-3-11(12)22-7-4-5-9(18(20)21)10(19)6-7/h1-6,19H. The molecule has 2 aromatic carbocycles. The van der Waals surface area contributed by atoms with E-state index >= 15 is 0 Å². The number of benzene rings is 2. The number of hydrogen-bond acceptors (Lipinski definition) is 4. The van der Waals surface area contributed by atoms with Gasteiger partial charge in [0.2, 0.25) is 0 Å². The number of rotatable bonds is 3. The van der Waals surface area contributed by atoms with Gasteiger partial charge >= 0.3 is 11.9 Å². The Morgan fingerprint density at radius 2 is 1.91 bits per heavy atom. The van der Waals surface area contributed by atoms with E-state index in [1.807, 2.05) is 0 Å². The van der Waals surface area contributed by atoms with Gasteiger partial charge in [0, 0.05) is 12.1 Å². The van der Waals surface area contributed by atoms with Gasteiger partial charge in [0.05, 0.1) is 15.5 Å². The van der Waals surface area contributed by atoms with Crippen LogP contribution in [0, 0.1) is 10.1 Å². The summed E-state index contributed by atoms with van der Waals surface area (Å²) in [7, 11) is 0. The van der Waals surface area contributed by atoms with Crippen molar-refractivity contribution < 1.29 is 27.9 Å². The number of halogens is 4. The summed E-state index contributed by atoms with van der Waals surface area (Å²) in [5.74, 6) is -1.06. The lowest BCUT2D eigenvalue weighted by Gasteiger charge is -2.13. The van der Waals surface area contributed by atoms with E-state index in [1.54, 1.807) is 0 Å². The van der Waals surface area contributed by atoms with E-state index in [0.29, 0.717) is 0 Å². The Morgan fingerprint density at radius 1 is 1.23 bits per heavy atom. The number of ether oxygens (including phenoxy) is 1. The minimum atomic E-state index is -4.64. The van der Waals surface area contributed by atoms with Gasteiger partial charge in [0.15, 0.2) is 5.75 Å². The topological polar surface area (TPSA) is 72.6 Å². The number of alkyl halides is 3. The van der Waals surface area contributed by atoms with Crippen LogP contribution in [-0.4, -0.2) is 10.0 Å². The fourth-order valence-electron chi connectivity index (χ4n) is 1.66. The molecule has 0 unspecified atom stereocenters. The maximum Gasteiger partial charge on any atom is 0.417 e. The van der Waals surface area contributed by atoms with Crippen molar-refractivity contribution in [3.8, 4) is 17.2 Å². The Kier molecular flexibility index (Phi) is 4.14. The highest BCUT2D eigenvalue weighted by molar-refractivity contribution is 6.32. The minimum absolute atomic E-state index is 0.0932. The Hall–Kier alpha value is -2.48. The molecule has 0 bridgehead atoms. The van der Waals surface area contributed by atoms with Gasteiger partial charge in [0.25, 0.3) is 0 Å². The molecule has 0 saturated carbocycles. The summed E-state index contributed by atoms with van der Waals surface area (Å²) in [6.45, 7) is 0. The van der Waals surface area contributed by atoms with E-state index in [-0.39, 0.29) is 11.5 Å². The molecule has 0 amide bonds. The maximum absolute atomic E-state index is 12.7. The first-order valence-electron chi connectivity index (χ1n) is 5.71. The van der Waals surface area contributed by atoms with Crippen LogP contribution in [0.25, 0.3) is 0 Å². The van der Waals surface area contributed by atoms with Crippen LogP contribution in [0.15, 0.2) is 36.4 Å². The Labute approximate surface area is 126 Å². The first-order valence-corrected chi connectivity index (χ1v) is 6.09.